The minimum absolute atomic E-state index is 0. The maximum atomic E-state index is 5.79. The third-order valence-corrected chi connectivity index (χ3v) is 6.16. The second-order valence-electron chi connectivity index (χ2n) is 7.39. The predicted octanol–water partition coefficient (Wildman–Crippen LogP) is 2.94. The van der Waals surface area contributed by atoms with Crippen molar-refractivity contribution in [3.63, 3.8) is 0 Å². The second-order valence-corrected chi connectivity index (χ2v) is 8.42. The van der Waals surface area contributed by atoms with Crippen LogP contribution in [0.25, 0.3) is 0 Å². The minimum atomic E-state index is 0. The number of rotatable bonds is 9. The number of ether oxygens (including phenoxy) is 2. The minimum Gasteiger partial charge on any atom is -0.379 e. The fourth-order valence-electron chi connectivity index (χ4n) is 3.61. The summed E-state index contributed by atoms with van der Waals surface area (Å²) in [7, 11) is 1.84. The van der Waals surface area contributed by atoms with Gasteiger partial charge in [-0.15, -0.1) is 35.3 Å². The van der Waals surface area contributed by atoms with Crippen LogP contribution in [0, 0.1) is 5.92 Å². The van der Waals surface area contributed by atoms with E-state index in [9.17, 15) is 0 Å². The number of hydrogen-bond donors (Lipinski definition) is 2. The van der Waals surface area contributed by atoms with E-state index in [1.54, 1.807) is 0 Å². The first-order valence-electron chi connectivity index (χ1n) is 10.2. The summed E-state index contributed by atoms with van der Waals surface area (Å²) in [6.07, 6.45) is 4.83. The third-order valence-electron chi connectivity index (χ3n) is 5.30. The molecule has 2 N–H and O–H groups in total. The molecule has 0 aromatic carbocycles. The molecule has 0 amide bonds. The molecule has 2 fully saturated rings. The van der Waals surface area contributed by atoms with Gasteiger partial charge in [0.25, 0.3) is 0 Å². The largest absolute Gasteiger partial charge is 0.379 e. The van der Waals surface area contributed by atoms with Crippen LogP contribution in [-0.4, -0.2) is 70.0 Å². The van der Waals surface area contributed by atoms with E-state index in [4.69, 9.17) is 9.47 Å². The average molecular weight is 522 g/mol. The Kier molecular flexibility index (Phi) is 11.7. The lowest BCUT2D eigenvalue weighted by molar-refractivity contribution is 0.0420. The van der Waals surface area contributed by atoms with Crippen molar-refractivity contribution < 1.29 is 9.47 Å². The van der Waals surface area contributed by atoms with Crippen molar-refractivity contribution in [1.82, 2.24) is 15.5 Å². The van der Waals surface area contributed by atoms with Crippen LogP contribution in [0.5, 0.6) is 0 Å². The summed E-state index contributed by atoms with van der Waals surface area (Å²) < 4.78 is 11.1. The van der Waals surface area contributed by atoms with Crippen molar-refractivity contribution >= 4 is 41.3 Å². The topological polar surface area (TPSA) is 58.1 Å². The molecule has 28 heavy (non-hydrogen) atoms. The Morgan fingerprint density at radius 3 is 2.86 bits per heavy atom. The fourth-order valence-corrected chi connectivity index (χ4v) is 4.35. The van der Waals surface area contributed by atoms with E-state index in [-0.39, 0.29) is 24.0 Å². The standard InChI is InChI=1S/C20H34N4O2S.HI/c1-21-20(22-8-3-11-26-18-7-12-25-16-18)23-14-17-5-9-24(10-6-17)15-19-4-2-13-27-19;/h2,4,13,17-18H,3,5-12,14-16H2,1H3,(H2,21,22,23);1H. The quantitative estimate of drug-likeness (QED) is 0.226. The highest BCUT2D eigenvalue weighted by Crippen LogP contribution is 2.20. The lowest BCUT2D eigenvalue weighted by Crippen LogP contribution is -2.43. The Balaban J connectivity index is 0.00000280. The van der Waals surface area contributed by atoms with Crippen LogP contribution < -0.4 is 10.6 Å². The van der Waals surface area contributed by atoms with Crippen LogP contribution in [-0.2, 0) is 16.0 Å². The maximum absolute atomic E-state index is 5.79. The van der Waals surface area contributed by atoms with Gasteiger partial charge in [-0.25, -0.2) is 0 Å². The summed E-state index contributed by atoms with van der Waals surface area (Å²) in [6, 6.07) is 4.38. The monoisotopic (exact) mass is 522 g/mol. The normalized spacial score (nSPS) is 21.5. The van der Waals surface area contributed by atoms with Gasteiger partial charge >= 0.3 is 0 Å². The molecule has 8 heteroatoms. The first-order chi connectivity index (χ1) is 13.3. The molecule has 0 spiro atoms. The number of piperidine rings is 1. The number of nitrogens with one attached hydrogen (secondary N) is 2. The summed E-state index contributed by atoms with van der Waals surface area (Å²) in [5.74, 6) is 1.63. The van der Waals surface area contributed by atoms with E-state index < -0.39 is 0 Å². The molecule has 1 aromatic rings. The summed E-state index contributed by atoms with van der Waals surface area (Å²) in [5, 5.41) is 9.05. The first-order valence-corrected chi connectivity index (χ1v) is 11.1. The smallest absolute Gasteiger partial charge is 0.190 e. The number of likely N-dealkylation sites (tertiary alicyclic amines) is 1. The Bertz CT molecular complexity index is 544. The molecule has 3 rings (SSSR count). The highest BCUT2D eigenvalue weighted by atomic mass is 127. The number of halogens is 1. The van der Waals surface area contributed by atoms with Crippen molar-refractivity contribution in [2.24, 2.45) is 10.9 Å². The average Bonchev–Trinajstić information content (AvgIpc) is 3.39. The predicted molar refractivity (Wildman–Crippen MR) is 127 cm³/mol. The zero-order chi connectivity index (χ0) is 18.7. The van der Waals surface area contributed by atoms with Gasteiger partial charge in [0.15, 0.2) is 5.96 Å². The van der Waals surface area contributed by atoms with E-state index in [2.05, 4.69) is 38.0 Å². The van der Waals surface area contributed by atoms with E-state index >= 15 is 0 Å². The van der Waals surface area contributed by atoms with E-state index in [0.29, 0.717) is 6.10 Å². The third kappa shape index (κ3) is 8.52. The molecule has 6 nitrogen and oxygen atoms in total. The molecule has 1 atom stereocenters. The van der Waals surface area contributed by atoms with Gasteiger partial charge in [0, 0.05) is 44.8 Å². The number of aliphatic imine (C=N–C) groups is 1. The highest BCUT2D eigenvalue weighted by Gasteiger charge is 2.19. The molecule has 2 saturated heterocycles. The molecule has 1 unspecified atom stereocenters. The van der Waals surface area contributed by atoms with Gasteiger partial charge in [0.2, 0.25) is 0 Å². The maximum Gasteiger partial charge on any atom is 0.190 e. The summed E-state index contributed by atoms with van der Waals surface area (Å²) >= 11 is 1.86. The Labute approximate surface area is 190 Å². The molecule has 0 aliphatic carbocycles. The van der Waals surface area contributed by atoms with Gasteiger partial charge in [0.05, 0.1) is 12.7 Å². The van der Waals surface area contributed by atoms with Crippen molar-refractivity contribution in [3.05, 3.63) is 22.4 Å². The van der Waals surface area contributed by atoms with E-state index in [0.717, 1.165) is 64.2 Å². The number of guanidine groups is 1. The molecule has 0 bridgehead atoms. The fraction of sp³-hybridized carbons (Fsp3) is 0.750. The Morgan fingerprint density at radius 1 is 1.32 bits per heavy atom. The molecule has 2 aliphatic heterocycles. The van der Waals surface area contributed by atoms with Gasteiger partial charge < -0.3 is 20.1 Å². The van der Waals surface area contributed by atoms with Gasteiger partial charge in [-0.3, -0.25) is 9.89 Å². The van der Waals surface area contributed by atoms with E-state index in [1.165, 1.54) is 30.8 Å². The summed E-state index contributed by atoms with van der Waals surface area (Å²) in [6.45, 7) is 7.75. The molecule has 160 valence electrons. The van der Waals surface area contributed by atoms with Gasteiger partial charge in [-0.2, -0.15) is 0 Å². The molecule has 1 aromatic heterocycles. The molecular weight excluding hydrogens is 487 g/mol. The molecular formula is C20H35IN4O2S. The van der Waals surface area contributed by atoms with Crippen molar-refractivity contribution in [3.8, 4) is 0 Å². The lowest BCUT2D eigenvalue weighted by Gasteiger charge is -2.32. The lowest BCUT2D eigenvalue weighted by atomic mass is 9.97. The van der Waals surface area contributed by atoms with Crippen LogP contribution in [0.1, 0.15) is 30.6 Å². The van der Waals surface area contributed by atoms with Gasteiger partial charge in [-0.1, -0.05) is 6.07 Å². The van der Waals surface area contributed by atoms with Crippen LogP contribution in [0.2, 0.25) is 0 Å². The van der Waals surface area contributed by atoms with Crippen molar-refractivity contribution in [2.45, 2.75) is 38.3 Å². The molecule has 0 radical (unpaired) electrons. The van der Waals surface area contributed by atoms with Gasteiger partial charge in [0.1, 0.15) is 0 Å². The number of thiophene rings is 1. The number of nitrogens with zero attached hydrogens (tertiary/aromatic N) is 2. The second kappa shape index (κ2) is 13.7. The van der Waals surface area contributed by atoms with Crippen LogP contribution in [0.15, 0.2) is 22.5 Å². The van der Waals surface area contributed by atoms with Crippen LogP contribution in [0.3, 0.4) is 0 Å². The molecule has 0 saturated carbocycles. The zero-order valence-electron chi connectivity index (χ0n) is 16.9. The van der Waals surface area contributed by atoms with Crippen LogP contribution >= 0.6 is 35.3 Å². The van der Waals surface area contributed by atoms with E-state index in [1.807, 2.05) is 18.4 Å². The highest BCUT2D eigenvalue weighted by molar-refractivity contribution is 14.0. The molecule has 3 heterocycles. The molecule has 2 aliphatic rings. The van der Waals surface area contributed by atoms with Gasteiger partial charge in [-0.05, 0) is 56.1 Å². The summed E-state index contributed by atoms with van der Waals surface area (Å²) in [4.78, 5) is 8.38. The van der Waals surface area contributed by atoms with Crippen LogP contribution in [0.4, 0.5) is 0 Å². The Hall–Kier alpha value is -0.420. The first kappa shape index (κ1) is 23.9. The summed E-state index contributed by atoms with van der Waals surface area (Å²) in [5.41, 5.74) is 0. The Morgan fingerprint density at radius 2 is 2.18 bits per heavy atom. The zero-order valence-corrected chi connectivity index (χ0v) is 20.0. The SMILES string of the molecule is CN=C(NCCCOC1CCOC1)NCC1CCN(Cc2cccs2)CC1.I. The van der Waals surface area contributed by atoms with Crippen molar-refractivity contribution in [2.75, 3.05) is 53.0 Å². The number of hydrogen-bond acceptors (Lipinski definition) is 5. The van der Waals surface area contributed by atoms with Crippen molar-refractivity contribution in [1.29, 1.82) is 0 Å².